The lowest BCUT2D eigenvalue weighted by molar-refractivity contribution is -0.124. The average molecular weight is 320 g/mol. The number of nitrogens with zero attached hydrogens (tertiary/aromatic N) is 4. The van der Waals surface area contributed by atoms with E-state index in [2.05, 4.69) is 25.7 Å². The number of ether oxygens (including phenoxy) is 1. The van der Waals surface area contributed by atoms with Crippen molar-refractivity contribution in [3.63, 3.8) is 0 Å². The van der Waals surface area contributed by atoms with Crippen molar-refractivity contribution in [2.45, 2.75) is 32.9 Å². The first-order chi connectivity index (χ1) is 11.0. The number of anilines is 1. The largest absolute Gasteiger partial charge is 0.367 e. The number of nitrogens with one attached hydrogen (secondary N) is 2. The molecule has 124 valence electrons. The summed E-state index contributed by atoms with van der Waals surface area (Å²) < 4.78 is 10.7. The molecule has 1 fully saturated rings. The van der Waals surface area contributed by atoms with Crippen LogP contribution in [-0.4, -0.2) is 56.9 Å². The van der Waals surface area contributed by atoms with Gasteiger partial charge in [0.1, 0.15) is 11.9 Å². The molecule has 2 aromatic rings. The zero-order valence-electron chi connectivity index (χ0n) is 13.4. The Morgan fingerprint density at radius 3 is 3.00 bits per heavy atom. The molecule has 3 heterocycles. The Labute approximate surface area is 133 Å². The predicted octanol–water partition coefficient (Wildman–Crippen LogP) is 0.810. The monoisotopic (exact) mass is 320 g/mol. The molecule has 0 radical (unpaired) electrons. The molecule has 1 aliphatic rings. The molecule has 0 bridgehead atoms. The maximum absolute atomic E-state index is 12.3. The van der Waals surface area contributed by atoms with Gasteiger partial charge in [0.2, 0.25) is 11.8 Å². The zero-order valence-corrected chi connectivity index (χ0v) is 13.4. The van der Waals surface area contributed by atoms with Crippen LogP contribution in [0.2, 0.25) is 0 Å². The zero-order chi connectivity index (χ0) is 16.4. The minimum Gasteiger partial charge on any atom is -0.367 e. The molecule has 1 aliphatic heterocycles. The molecule has 0 spiro atoms. The standard InChI is InChI=1S/C14H20N6O3/c1-8-6-12(23-19-8)16-14(21)9(2)20-4-5-22-11(7-20)13-15-10(3)17-18-13/h6,9,11H,4-5,7H2,1-3H3,(H,16,21)(H,15,17,18). The first-order valence-corrected chi connectivity index (χ1v) is 7.51. The van der Waals surface area contributed by atoms with Crippen molar-refractivity contribution in [3.8, 4) is 0 Å². The van der Waals surface area contributed by atoms with Crippen molar-refractivity contribution in [2.75, 3.05) is 25.0 Å². The van der Waals surface area contributed by atoms with E-state index in [0.29, 0.717) is 31.4 Å². The fourth-order valence-corrected chi connectivity index (χ4v) is 2.50. The molecular formula is C14H20N6O3. The Kier molecular flexibility index (Phi) is 4.39. The molecule has 9 heteroatoms. The lowest BCUT2D eigenvalue weighted by Gasteiger charge is -2.34. The third-order valence-corrected chi connectivity index (χ3v) is 3.80. The van der Waals surface area contributed by atoms with Gasteiger partial charge in [0.15, 0.2) is 5.82 Å². The van der Waals surface area contributed by atoms with E-state index in [1.807, 2.05) is 18.7 Å². The van der Waals surface area contributed by atoms with Crippen LogP contribution in [0.4, 0.5) is 5.88 Å². The summed E-state index contributed by atoms with van der Waals surface area (Å²) in [4.78, 5) is 18.7. The van der Waals surface area contributed by atoms with Crippen molar-refractivity contribution < 1.29 is 14.1 Å². The van der Waals surface area contributed by atoms with E-state index in [1.165, 1.54) is 0 Å². The van der Waals surface area contributed by atoms with Crippen LogP contribution in [0.25, 0.3) is 0 Å². The molecule has 23 heavy (non-hydrogen) atoms. The minimum absolute atomic E-state index is 0.145. The summed E-state index contributed by atoms with van der Waals surface area (Å²) in [6.07, 6.45) is -0.239. The van der Waals surface area contributed by atoms with Gasteiger partial charge in [-0.05, 0) is 20.8 Å². The first kappa shape index (κ1) is 15.6. The Bertz CT molecular complexity index is 682. The fraction of sp³-hybridized carbons (Fsp3) is 0.571. The third-order valence-electron chi connectivity index (χ3n) is 3.80. The molecule has 0 aliphatic carbocycles. The summed E-state index contributed by atoms with van der Waals surface area (Å²) in [5.74, 6) is 1.57. The van der Waals surface area contributed by atoms with Crippen LogP contribution < -0.4 is 5.32 Å². The van der Waals surface area contributed by atoms with E-state index in [0.717, 1.165) is 11.5 Å². The molecule has 1 saturated heterocycles. The van der Waals surface area contributed by atoms with Gasteiger partial charge in [-0.15, -0.1) is 0 Å². The lowest BCUT2D eigenvalue weighted by atomic mass is 10.2. The normalized spacial score (nSPS) is 20.4. The van der Waals surface area contributed by atoms with E-state index >= 15 is 0 Å². The van der Waals surface area contributed by atoms with E-state index in [9.17, 15) is 4.79 Å². The topological polar surface area (TPSA) is 109 Å². The number of aromatic nitrogens is 4. The highest BCUT2D eigenvalue weighted by Crippen LogP contribution is 2.21. The van der Waals surface area contributed by atoms with E-state index in [-0.39, 0.29) is 18.1 Å². The van der Waals surface area contributed by atoms with E-state index in [4.69, 9.17) is 9.26 Å². The summed E-state index contributed by atoms with van der Waals surface area (Å²) in [7, 11) is 0. The van der Waals surface area contributed by atoms with Gasteiger partial charge in [-0.25, -0.2) is 4.98 Å². The average Bonchev–Trinajstić information content (AvgIpc) is 3.15. The van der Waals surface area contributed by atoms with Crippen molar-refractivity contribution >= 4 is 11.8 Å². The Hall–Kier alpha value is -2.26. The molecule has 0 saturated carbocycles. The number of amides is 1. The van der Waals surface area contributed by atoms with Gasteiger partial charge in [-0.2, -0.15) is 5.10 Å². The second kappa shape index (κ2) is 6.47. The van der Waals surface area contributed by atoms with Crippen LogP contribution in [0, 0.1) is 13.8 Å². The smallest absolute Gasteiger partial charge is 0.243 e. The fourth-order valence-electron chi connectivity index (χ4n) is 2.50. The molecule has 9 nitrogen and oxygen atoms in total. The molecule has 2 unspecified atom stereocenters. The Morgan fingerprint density at radius 1 is 1.52 bits per heavy atom. The van der Waals surface area contributed by atoms with Crippen LogP contribution in [0.15, 0.2) is 10.6 Å². The number of hydrogen-bond donors (Lipinski definition) is 2. The second-order valence-corrected chi connectivity index (χ2v) is 5.63. The summed E-state index contributed by atoms with van der Waals surface area (Å²) in [6, 6.07) is 1.36. The summed E-state index contributed by atoms with van der Waals surface area (Å²) >= 11 is 0. The van der Waals surface area contributed by atoms with Crippen LogP contribution in [0.1, 0.15) is 30.4 Å². The summed E-state index contributed by atoms with van der Waals surface area (Å²) in [6.45, 7) is 7.24. The second-order valence-electron chi connectivity index (χ2n) is 5.63. The maximum atomic E-state index is 12.3. The number of aryl methyl sites for hydroxylation is 2. The molecule has 2 N–H and O–H groups in total. The molecule has 0 aromatic carbocycles. The predicted molar refractivity (Wildman–Crippen MR) is 80.7 cm³/mol. The molecule has 2 atom stereocenters. The maximum Gasteiger partial charge on any atom is 0.243 e. The molecule has 3 rings (SSSR count). The van der Waals surface area contributed by atoms with Crippen molar-refractivity contribution in [3.05, 3.63) is 23.4 Å². The van der Waals surface area contributed by atoms with Gasteiger partial charge in [-0.3, -0.25) is 20.1 Å². The summed E-state index contributed by atoms with van der Waals surface area (Å²) in [5, 5.41) is 13.4. The Balaban J connectivity index is 1.62. The Morgan fingerprint density at radius 2 is 2.35 bits per heavy atom. The van der Waals surface area contributed by atoms with Crippen molar-refractivity contribution in [1.82, 2.24) is 25.2 Å². The summed E-state index contributed by atoms with van der Waals surface area (Å²) in [5.41, 5.74) is 0.722. The number of carbonyl (C=O) groups is 1. The van der Waals surface area contributed by atoms with Crippen LogP contribution in [-0.2, 0) is 9.53 Å². The van der Waals surface area contributed by atoms with Crippen LogP contribution in [0.3, 0.4) is 0 Å². The van der Waals surface area contributed by atoms with Crippen molar-refractivity contribution in [2.24, 2.45) is 0 Å². The van der Waals surface area contributed by atoms with Gasteiger partial charge >= 0.3 is 0 Å². The highest BCUT2D eigenvalue weighted by atomic mass is 16.5. The van der Waals surface area contributed by atoms with Crippen LogP contribution >= 0.6 is 0 Å². The molecular weight excluding hydrogens is 300 g/mol. The van der Waals surface area contributed by atoms with Gasteiger partial charge in [0.05, 0.1) is 18.3 Å². The van der Waals surface area contributed by atoms with Crippen molar-refractivity contribution in [1.29, 1.82) is 0 Å². The first-order valence-electron chi connectivity index (χ1n) is 7.51. The number of rotatable bonds is 4. The SMILES string of the molecule is Cc1cc(NC(=O)C(C)N2CCOC(c3n[nH]c(C)n3)C2)on1. The van der Waals surface area contributed by atoms with Gasteiger partial charge < -0.3 is 9.26 Å². The quantitative estimate of drug-likeness (QED) is 0.858. The van der Waals surface area contributed by atoms with Gasteiger partial charge in [0.25, 0.3) is 0 Å². The number of hydrogen-bond acceptors (Lipinski definition) is 7. The molecule has 2 aromatic heterocycles. The number of morpholine rings is 1. The highest BCUT2D eigenvalue weighted by Gasteiger charge is 2.30. The van der Waals surface area contributed by atoms with Crippen LogP contribution in [0.5, 0.6) is 0 Å². The number of carbonyl (C=O) groups excluding carboxylic acids is 1. The lowest BCUT2D eigenvalue weighted by Crippen LogP contribution is -2.48. The highest BCUT2D eigenvalue weighted by molar-refractivity contribution is 5.93. The molecule has 1 amide bonds. The van der Waals surface area contributed by atoms with Gasteiger partial charge in [0, 0.05) is 19.2 Å². The van der Waals surface area contributed by atoms with E-state index in [1.54, 1.807) is 13.0 Å². The van der Waals surface area contributed by atoms with E-state index < -0.39 is 0 Å². The number of H-pyrrole nitrogens is 1. The third kappa shape index (κ3) is 3.57. The van der Waals surface area contributed by atoms with Gasteiger partial charge in [-0.1, -0.05) is 5.16 Å². The minimum atomic E-state index is -0.327. The number of aromatic amines is 1.